The Bertz CT molecular complexity index is 1120. The summed E-state index contributed by atoms with van der Waals surface area (Å²) in [5, 5.41) is 6.61. The molecule has 6 nitrogen and oxygen atoms in total. The lowest BCUT2D eigenvalue weighted by atomic mass is 10.1. The normalized spacial score (nSPS) is 10.3. The van der Waals surface area contributed by atoms with Crippen LogP contribution in [0.3, 0.4) is 0 Å². The molecule has 3 aromatic carbocycles. The average molecular weight is 398 g/mol. The van der Waals surface area contributed by atoms with Crippen molar-refractivity contribution in [3.8, 4) is 22.8 Å². The molecule has 0 saturated carbocycles. The third-order valence-electron chi connectivity index (χ3n) is 4.50. The molecular weight excluding hydrogens is 376 g/mol. The maximum absolute atomic E-state index is 5.48. The minimum atomic E-state index is 0.493. The Morgan fingerprint density at radius 3 is 2.13 bits per heavy atom. The first-order chi connectivity index (χ1) is 14.7. The van der Waals surface area contributed by atoms with Gasteiger partial charge in [-0.2, -0.15) is 4.98 Å². The van der Waals surface area contributed by atoms with E-state index in [2.05, 4.69) is 15.6 Å². The Balaban J connectivity index is 1.74. The van der Waals surface area contributed by atoms with Crippen molar-refractivity contribution < 1.29 is 9.47 Å². The second-order valence-corrected chi connectivity index (χ2v) is 6.51. The van der Waals surface area contributed by atoms with Crippen LogP contribution < -0.4 is 20.1 Å². The van der Waals surface area contributed by atoms with Crippen LogP contribution in [0.5, 0.6) is 11.5 Å². The molecule has 0 bridgehead atoms. The first-order valence-electron chi connectivity index (χ1n) is 9.51. The number of benzene rings is 3. The molecule has 1 aromatic heterocycles. The molecule has 0 spiro atoms. The largest absolute Gasteiger partial charge is 0.497 e. The number of para-hydroxylation sites is 1. The highest BCUT2D eigenvalue weighted by Gasteiger charge is 2.11. The van der Waals surface area contributed by atoms with Crippen molar-refractivity contribution in [1.29, 1.82) is 0 Å². The fraction of sp³-hybridized carbons (Fsp3) is 0.0833. The first-order valence-corrected chi connectivity index (χ1v) is 9.51. The van der Waals surface area contributed by atoms with Gasteiger partial charge < -0.3 is 20.1 Å². The standard InChI is InChI=1S/C24H22N4O2/c1-29-19-13-14-22(30-2)21(15-19)26-23-16-20(17-9-5-3-6-10-17)27-24(28-23)25-18-11-7-4-8-12-18/h3-16H,1-2H3,(H2,25,26,27,28). The van der Waals surface area contributed by atoms with E-state index in [1.807, 2.05) is 84.9 Å². The van der Waals surface area contributed by atoms with Crippen molar-refractivity contribution in [2.24, 2.45) is 0 Å². The molecule has 0 amide bonds. The molecule has 0 aliphatic heterocycles. The van der Waals surface area contributed by atoms with Gasteiger partial charge in [0.2, 0.25) is 5.95 Å². The molecule has 2 N–H and O–H groups in total. The van der Waals surface area contributed by atoms with Crippen molar-refractivity contribution in [3.63, 3.8) is 0 Å². The first kappa shape index (κ1) is 19.3. The van der Waals surface area contributed by atoms with Crippen LogP contribution >= 0.6 is 0 Å². The molecule has 4 aromatic rings. The SMILES string of the molecule is COc1ccc(OC)c(Nc2cc(-c3ccccc3)nc(Nc3ccccc3)n2)c1. The van der Waals surface area contributed by atoms with Crippen molar-refractivity contribution in [2.75, 3.05) is 24.9 Å². The summed E-state index contributed by atoms with van der Waals surface area (Å²) in [6.07, 6.45) is 0. The van der Waals surface area contributed by atoms with E-state index in [9.17, 15) is 0 Å². The van der Waals surface area contributed by atoms with Gasteiger partial charge in [0.1, 0.15) is 17.3 Å². The molecule has 0 saturated heterocycles. The van der Waals surface area contributed by atoms with E-state index >= 15 is 0 Å². The highest BCUT2D eigenvalue weighted by Crippen LogP contribution is 2.32. The minimum Gasteiger partial charge on any atom is -0.497 e. The smallest absolute Gasteiger partial charge is 0.229 e. The monoisotopic (exact) mass is 398 g/mol. The van der Waals surface area contributed by atoms with E-state index in [0.717, 1.165) is 28.4 Å². The molecular formula is C24H22N4O2. The van der Waals surface area contributed by atoms with Crippen LogP contribution in [0, 0.1) is 0 Å². The minimum absolute atomic E-state index is 0.493. The van der Waals surface area contributed by atoms with Crippen LogP contribution in [0.25, 0.3) is 11.3 Å². The van der Waals surface area contributed by atoms with Crippen LogP contribution in [-0.4, -0.2) is 24.2 Å². The lowest BCUT2D eigenvalue weighted by Crippen LogP contribution is -2.03. The number of hydrogen-bond acceptors (Lipinski definition) is 6. The summed E-state index contributed by atoms with van der Waals surface area (Å²) in [4.78, 5) is 9.35. The van der Waals surface area contributed by atoms with Crippen molar-refractivity contribution in [1.82, 2.24) is 9.97 Å². The summed E-state index contributed by atoms with van der Waals surface area (Å²) >= 11 is 0. The molecule has 0 radical (unpaired) electrons. The van der Waals surface area contributed by atoms with Gasteiger partial charge in [0, 0.05) is 23.4 Å². The fourth-order valence-electron chi connectivity index (χ4n) is 3.02. The Kier molecular flexibility index (Phi) is 5.75. The topological polar surface area (TPSA) is 68.3 Å². The molecule has 0 aliphatic carbocycles. The summed E-state index contributed by atoms with van der Waals surface area (Å²) < 4.78 is 10.8. The van der Waals surface area contributed by atoms with E-state index in [1.54, 1.807) is 14.2 Å². The van der Waals surface area contributed by atoms with Crippen LogP contribution in [0.15, 0.2) is 84.9 Å². The maximum Gasteiger partial charge on any atom is 0.229 e. The summed E-state index contributed by atoms with van der Waals surface area (Å²) in [5.41, 5.74) is 3.46. The van der Waals surface area contributed by atoms with Crippen molar-refractivity contribution >= 4 is 23.1 Å². The fourth-order valence-corrected chi connectivity index (χ4v) is 3.02. The van der Waals surface area contributed by atoms with E-state index in [4.69, 9.17) is 14.5 Å². The van der Waals surface area contributed by atoms with Crippen LogP contribution in [0.2, 0.25) is 0 Å². The number of aromatic nitrogens is 2. The third kappa shape index (κ3) is 4.50. The molecule has 150 valence electrons. The van der Waals surface area contributed by atoms with Crippen LogP contribution in [0.1, 0.15) is 0 Å². The summed E-state index contributed by atoms with van der Waals surface area (Å²) in [7, 11) is 3.26. The van der Waals surface area contributed by atoms with Gasteiger partial charge in [-0.3, -0.25) is 0 Å². The van der Waals surface area contributed by atoms with E-state index in [-0.39, 0.29) is 0 Å². The average Bonchev–Trinajstić information content (AvgIpc) is 2.80. The van der Waals surface area contributed by atoms with E-state index in [1.165, 1.54) is 0 Å². The van der Waals surface area contributed by atoms with Gasteiger partial charge >= 0.3 is 0 Å². The quantitative estimate of drug-likeness (QED) is 0.419. The second kappa shape index (κ2) is 8.96. The molecule has 6 heteroatoms. The molecule has 4 rings (SSSR count). The Morgan fingerprint density at radius 1 is 0.700 bits per heavy atom. The van der Waals surface area contributed by atoms with Gasteiger partial charge in [-0.15, -0.1) is 0 Å². The zero-order valence-corrected chi connectivity index (χ0v) is 16.8. The van der Waals surface area contributed by atoms with Crippen molar-refractivity contribution in [3.05, 3.63) is 84.9 Å². The van der Waals surface area contributed by atoms with E-state index < -0.39 is 0 Å². The number of nitrogens with one attached hydrogen (secondary N) is 2. The van der Waals surface area contributed by atoms with Gasteiger partial charge in [0.05, 0.1) is 25.6 Å². The second-order valence-electron chi connectivity index (χ2n) is 6.51. The number of anilines is 4. The molecule has 0 atom stereocenters. The number of rotatable bonds is 7. The summed E-state index contributed by atoms with van der Waals surface area (Å²) in [6, 6.07) is 27.3. The Labute approximate surface area is 175 Å². The number of ether oxygens (including phenoxy) is 2. The molecule has 0 aliphatic rings. The van der Waals surface area contributed by atoms with Gasteiger partial charge in [0.15, 0.2) is 0 Å². The zero-order chi connectivity index (χ0) is 20.8. The van der Waals surface area contributed by atoms with Gasteiger partial charge in [-0.1, -0.05) is 48.5 Å². The zero-order valence-electron chi connectivity index (χ0n) is 16.8. The third-order valence-corrected chi connectivity index (χ3v) is 4.50. The van der Waals surface area contributed by atoms with Crippen LogP contribution in [-0.2, 0) is 0 Å². The lowest BCUT2D eigenvalue weighted by molar-refractivity contribution is 0.405. The van der Waals surface area contributed by atoms with Crippen LogP contribution in [0.4, 0.5) is 23.1 Å². The lowest BCUT2D eigenvalue weighted by Gasteiger charge is -2.14. The highest BCUT2D eigenvalue weighted by molar-refractivity contribution is 5.71. The maximum atomic E-state index is 5.48. The molecule has 30 heavy (non-hydrogen) atoms. The number of hydrogen-bond donors (Lipinski definition) is 2. The highest BCUT2D eigenvalue weighted by atomic mass is 16.5. The van der Waals surface area contributed by atoms with E-state index in [0.29, 0.717) is 17.5 Å². The van der Waals surface area contributed by atoms with Gasteiger partial charge in [-0.05, 0) is 24.3 Å². The number of methoxy groups -OCH3 is 2. The van der Waals surface area contributed by atoms with Crippen molar-refractivity contribution in [2.45, 2.75) is 0 Å². The molecule has 0 fully saturated rings. The van der Waals surface area contributed by atoms with Gasteiger partial charge in [0.25, 0.3) is 0 Å². The summed E-state index contributed by atoms with van der Waals surface area (Å²) in [6.45, 7) is 0. The predicted molar refractivity (Wildman–Crippen MR) is 120 cm³/mol. The summed E-state index contributed by atoms with van der Waals surface area (Å²) in [5.74, 6) is 2.53. The Hall–Kier alpha value is -4.06. The van der Waals surface area contributed by atoms with Gasteiger partial charge in [-0.25, -0.2) is 4.98 Å². The number of nitrogens with zero attached hydrogens (tertiary/aromatic N) is 2. The molecule has 0 unspecified atom stereocenters. The Morgan fingerprint density at radius 2 is 1.43 bits per heavy atom. The molecule has 1 heterocycles. The predicted octanol–water partition coefficient (Wildman–Crippen LogP) is 5.65.